The Morgan fingerprint density at radius 3 is 2.79 bits per heavy atom. The van der Waals surface area contributed by atoms with Crippen LogP contribution in [0.2, 0.25) is 5.02 Å². The number of halogens is 1. The largest absolute Gasteiger partial charge is 0.360 e. The van der Waals surface area contributed by atoms with E-state index in [0.29, 0.717) is 21.5 Å². The Morgan fingerprint density at radius 2 is 1.92 bits per heavy atom. The molecule has 0 atom stereocenters. The molecule has 0 saturated heterocycles. The number of nitrogens with one attached hydrogen (secondary N) is 2. The highest BCUT2D eigenvalue weighted by Crippen LogP contribution is 2.28. The van der Waals surface area contributed by atoms with Crippen molar-refractivity contribution < 1.29 is 4.79 Å². The van der Waals surface area contributed by atoms with Crippen molar-refractivity contribution in [1.82, 2.24) is 14.3 Å². The van der Waals surface area contributed by atoms with Gasteiger partial charge in [-0.2, -0.15) is 9.36 Å². The number of benzene rings is 2. The second-order valence-corrected chi connectivity index (χ2v) is 6.26. The number of carbonyl (C=O) groups excluding carboxylic acids is 1. The third-order valence-electron chi connectivity index (χ3n) is 3.60. The number of fused-ring (bicyclic) bond motifs is 1. The third-order valence-corrected chi connectivity index (χ3v) is 4.56. The third kappa shape index (κ3) is 2.66. The lowest BCUT2D eigenvalue weighted by Crippen LogP contribution is -2.11. The molecule has 5 nitrogen and oxygen atoms in total. The van der Waals surface area contributed by atoms with Crippen molar-refractivity contribution >= 4 is 45.1 Å². The summed E-state index contributed by atoms with van der Waals surface area (Å²) in [5.41, 5.74) is 2.22. The molecule has 118 valence electrons. The van der Waals surface area contributed by atoms with E-state index in [0.717, 1.165) is 28.0 Å². The number of hydrogen-bond acceptors (Lipinski definition) is 4. The van der Waals surface area contributed by atoms with Gasteiger partial charge in [-0.05, 0) is 18.2 Å². The van der Waals surface area contributed by atoms with Crippen molar-refractivity contribution in [2.45, 2.75) is 0 Å². The summed E-state index contributed by atoms with van der Waals surface area (Å²) in [5.74, 6) is 0.272. The molecule has 0 unspecified atom stereocenters. The highest BCUT2D eigenvalue weighted by Gasteiger charge is 2.15. The summed E-state index contributed by atoms with van der Waals surface area (Å²) in [6.45, 7) is 0. The molecule has 7 heteroatoms. The summed E-state index contributed by atoms with van der Waals surface area (Å²) in [7, 11) is 0. The average Bonchev–Trinajstić information content (AvgIpc) is 3.22. The number of nitrogens with zero attached hydrogens (tertiary/aromatic N) is 2. The number of rotatable bonds is 3. The van der Waals surface area contributed by atoms with E-state index in [1.807, 2.05) is 42.5 Å². The van der Waals surface area contributed by atoms with Gasteiger partial charge in [0.05, 0.1) is 10.6 Å². The number of aromatic amines is 1. The average molecular weight is 355 g/mol. The standard InChI is InChI=1S/C17H11ClN4OS/c18-13-7-3-1-6-11(13)15-20-17(24-22-15)21-16(23)12-9-19-14-8-4-2-5-10(12)14/h1-9,19H,(H,20,21,22,23). The van der Waals surface area contributed by atoms with Crippen LogP contribution < -0.4 is 5.32 Å². The maximum Gasteiger partial charge on any atom is 0.259 e. The summed E-state index contributed by atoms with van der Waals surface area (Å²) in [5, 5.41) is 4.66. The molecule has 1 amide bonds. The maximum absolute atomic E-state index is 12.5. The zero-order valence-corrected chi connectivity index (χ0v) is 13.9. The lowest BCUT2D eigenvalue weighted by Gasteiger charge is -2.00. The number of H-pyrrole nitrogens is 1. The second kappa shape index (κ2) is 6.07. The van der Waals surface area contributed by atoms with Gasteiger partial charge < -0.3 is 4.98 Å². The molecule has 0 fully saturated rings. The summed E-state index contributed by atoms with van der Waals surface area (Å²) >= 11 is 7.28. The molecule has 4 aromatic rings. The van der Waals surface area contributed by atoms with Crippen LogP contribution in [0.25, 0.3) is 22.3 Å². The molecule has 0 aliphatic heterocycles. The van der Waals surface area contributed by atoms with E-state index in [1.54, 1.807) is 12.3 Å². The Bertz CT molecular complexity index is 1040. The molecular formula is C17H11ClN4OS. The molecule has 0 bridgehead atoms. The molecule has 0 aliphatic rings. The highest BCUT2D eigenvalue weighted by atomic mass is 35.5. The van der Waals surface area contributed by atoms with Crippen LogP contribution in [0.3, 0.4) is 0 Å². The fourth-order valence-corrected chi connectivity index (χ4v) is 3.25. The van der Waals surface area contributed by atoms with Crippen molar-refractivity contribution in [3.05, 3.63) is 65.3 Å². The molecule has 2 aromatic carbocycles. The fraction of sp³-hybridized carbons (Fsp3) is 0. The highest BCUT2D eigenvalue weighted by molar-refractivity contribution is 7.10. The number of para-hydroxylation sites is 1. The predicted molar refractivity (Wildman–Crippen MR) is 96.6 cm³/mol. The van der Waals surface area contributed by atoms with E-state index in [9.17, 15) is 4.79 Å². The molecule has 24 heavy (non-hydrogen) atoms. The Hall–Kier alpha value is -2.70. The minimum atomic E-state index is -0.227. The Labute approximate surface area is 146 Å². The number of aromatic nitrogens is 3. The van der Waals surface area contributed by atoms with Gasteiger partial charge in [0.15, 0.2) is 5.82 Å². The summed E-state index contributed by atoms with van der Waals surface area (Å²) in [4.78, 5) is 19.9. The summed E-state index contributed by atoms with van der Waals surface area (Å²) in [6, 6.07) is 15.0. The van der Waals surface area contributed by atoms with E-state index in [2.05, 4.69) is 19.7 Å². The van der Waals surface area contributed by atoms with Gasteiger partial charge in [0, 0.05) is 34.2 Å². The normalized spacial score (nSPS) is 10.9. The first-order valence-corrected chi connectivity index (χ1v) is 8.33. The minimum Gasteiger partial charge on any atom is -0.360 e. The first-order valence-electron chi connectivity index (χ1n) is 7.18. The zero-order chi connectivity index (χ0) is 16.5. The van der Waals surface area contributed by atoms with Gasteiger partial charge in [0.2, 0.25) is 5.13 Å². The minimum absolute atomic E-state index is 0.227. The predicted octanol–water partition coefficient (Wildman–Crippen LogP) is 4.59. The molecule has 0 saturated carbocycles. The van der Waals surface area contributed by atoms with Gasteiger partial charge in [-0.15, -0.1) is 0 Å². The van der Waals surface area contributed by atoms with Crippen LogP contribution >= 0.6 is 23.1 Å². The van der Waals surface area contributed by atoms with Gasteiger partial charge >= 0.3 is 0 Å². The quantitative estimate of drug-likeness (QED) is 0.565. The van der Waals surface area contributed by atoms with Gasteiger partial charge in [-0.1, -0.05) is 41.9 Å². The van der Waals surface area contributed by atoms with Crippen molar-refractivity contribution in [2.75, 3.05) is 5.32 Å². The summed E-state index contributed by atoms with van der Waals surface area (Å²) in [6.07, 6.45) is 1.69. The fourth-order valence-electron chi connectivity index (χ4n) is 2.45. The van der Waals surface area contributed by atoms with E-state index in [4.69, 9.17) is 11.6 Å². The van der Waals surface area contributed by atoms with E-state index < -0.39 is 0 Å². The van der Waals surface area contributed by atoms with Gasteiger partial charge in [-0.25, -0.2) is 0 Å². The molecule has 2 heterocycles. The lowest BCUT2D eigenvalue weighted by molar-refractivity contribution is 0.102. The van der Waals surface area contributed by atoms with Crippen molar-refractivity contribution in [1.29, 1.82) is 0 Å². The van der Waals surface area contributed by atoms with E-state index in [-0.39, 0.29) is 5.91 Å². The Kier molecular flexibility index (Phi) is 3.76. The van der Waals surface area contributed by atoms with Crippen LogP contribution in [0, 0.1) is 0 Å². The van der Waals surface area contributed by atoms with Crippen LogP contribution in [-0.4, -0.2) is 20.2 Å². The molecule has 2 N–H and O–H groups in total. The smallest absolute Gasteiger partial charge is 0.259 e. The number of anilines is 1. The van der Waals surface area contributed by atoms with Crippen LogP contribution in [0.15, 0.2) is 54.7 Å². The van der Waals surface area contributed by atoms with Crippen LogP contribution in [0.5, 0.6) is 0 Å². The summed E-state index contributed by atoms with van der Waals surface area (Å²) < 4.78 is 4.27. The van der Waals surface area contributed by atoms with Gasteiger partial charge in [-0.3, -0.25) is 10.1 Å². The molecule has 2 aromatic heterocycles. The zero-order valence-electron chi connectivity index (χ0n) is 12.3. The van der Waals surface area contributed by atoms with Crippen molar-refractivity contribution in [3.8, 4) is 11.4 Å². The second-order valence-electron chi connectivity index (χ2n) is 5.11. The topological polar surface area (TPSA) is 70.7 Å². The molecule has 0 spiro atoms. The van der Waals surface area contributed by atoms with Crippen molar-refractivity contribution in [3.63, 3.8) is 0 Å². The first-order chi connectivity index (χ1) is 11.7. The van der Waals surface area contributed by atoms with Crippen LogP contribution in [0.1, 0.15) is 10.4 Å². The lowest BCUT2D eigenvalue weighted by atomic mass is 10.2. The van der Waals surface area contributed by atoms with Gasteiger partial charge in [0.25, 0.3) is 5.91 Å². The first kappa shape index (κ1) is 14.9. The number of hydrogen-bond donors (Lipinski definition) is 2. The monoisotopic (exact) mass is 354 g/mol. The van der Waals surface area contributed by atoms with Crippen LogP contribution in [0.4, 0.5) is 5.13 Å². The Morgan fingerprint density at radius 1 is 1.12 bits per heavy atom. The van der Waals surface area contributed by atoms with E-state index >= 15 is 0 Å². The number of carbonyl (C=O) groups is 1. The van der Waals surface area contributed by atoms with Crippen LogP contribution in [-0.2, 0) is 0 Å². The van der Waals surface area contributed by atoms with Gasteiger partial charge in [0.1, 0.15) is 0 Å². The molecule has 0 radical (unpaired) electrons. The SMILES string of the molecule is O=C(Nc1nc(-c2ccccc2Cl)ns1)c1c[nH]c2ccccc12. The number of amides is 1. The van der Waals surface area contributed by atoms with E-state index in [1.165, 1.54) is 0 Å². The molecule has 0 aliphatic carbocycles. The molecule has 4 rings (SSSR count). The maximum atomic E-state index is 12.5. The Balaban J connectivity index is 1.60. The van der Waals surface area contributed by atoms with Crippen molar-refractivity contribution in [2.24, 2.45) is 0 Å². The molecular weight excluding hydrogens is 344 g/mol.